The van der Waals surface area contributed by atoms with Crippen molar-refractivity contribution in [3.05, 3.63) is 18.2 Å². The molecular formula is C10H15N3O3. The number of carbonyl (C=O) groups excluding carboxylic acids is 1. The van der Waals surface area contributed by atoms with Crippen LogP contribution in [-0.4, -0.2) is 57.9 Å². The van der Waals surface area contributed by atoms with Gasteiger partial charge in [-0.1, -0.05) is 0 Å². The molecule has 2 heterocycles. The summed E-state index contributed by atoms with van der Waals surface area (Å²) in [6.07, 6.45) is 3.00. The lowest BCUT2D eigenvalue weighted by atomic mass is 10.2. The Balaban J connectivity index is 2.04. The zero-order valence-electron chi connectivity index (χ0n) is 9.17. The minimum absolute atomic E-state index is 0.0635. The number of aryl methyl sites for hydroxylation is 1. The maximum atomic E-state index is 12.0. The normalized spacial score (nSPS) is 21.1. The Morgan fingerprint density at radius 2 is 2.56 bits per heavy atom. The predicted octanol–water partition coefficient (Wildman–Crippen LogP) is -0.747. The first kappa shape index (κ1) is 11.1. The van der Waals surface area contributed by atoms with E-state index in [-0.39, 0.29) is 18.6 Å². The highest BCUT2D eigenvalue weighted by Crippen LogP contribution is 2.08. The lowest BCUT2D eigenvalue weighted by Gasteiger charge is -2.31. The van der Waals surface area contributed by atoms with Gasteiger partial charge >= 0.3 is 0 Å². The number of ether oxygens (including phenoxy) is 1. The van der Waals surface area contributed by atoms with E-state index in [1.165, 1.54) is 0 Å². The van der Waals surface area contributed by atoms with Gasteiger partial charge in [0, 0.05) is 26.3 Å². The van der Waals surface area contributed by atoms with Crippen LogP contribution in [0.3, 0.4) is 0 Å². The van der Waals surface area contributed by atoms with Crippen LogP contribution in [0.4, 0.5) is 0 Å². The fourth-order valence-corrected chi connectivity index (χ4v) is 1.70. The number of aromatic nitrogens is 2. The summed E-state index contributed by atoms with van der Waals surface area (Å²) < 4.78 is 7.01. The van der Waals surface area contributed by atoms with Gasteiger partial charge in [-0.25, -0.2) is 4.98 Å². The van der Waals surface area contributed by atoms with Gasteiger partial charge in [-0.2, -0.15) is 0 Å². The molecule has 2 rings (SSSR count). The Labute approximate surface area is 93.4 Å². The van der Waals surface area contributed by atoms with E-state index in [9.17, 15) is 4.79 Å². The standard InChI is InChI=1S/C10H15N3O3/c1-12-5-9(11-7-12)10(15)13-2-3-16-8(4-13)6-14/h5,7-8,14H,2-4,6H2,1H3. The number of carbonyl (C=O) groups is 1. The van der Waals surface area contributed by atoms with Crippen molar-refractivity contribution in [1.29, 1.82) is 0 Å². The molecular weight excluding hydrogens is 210 g/mol. The minimum atomic E-state index is -0.276. The van der Waals surface area contributed by atoms with Crippen molar-refractivity contribution in [1.82, 2.24) is 14.5 Å². The summed E-state index contributed by atoms with van der Waals surface area (Å²) in [5.41, 5.74) is 0.432. The van der Waals surface area contributed by atoms with Gasteiger partial charge in [0.2, 0.25) is 0 Å². The number of aliphatic hydroxyl groups excluding tert-OH is 1. The van der Waals surface area contributed by atoms with Gasteiger partial charge in [0.15, 0.2) is 0 Å². The Kier molecular flexibility index (Phi) is 3.21. The monoisotopic (exact) mass is 225 g/mol. The van der Waals surface area contributed by atoms with Crippen LogP contribution in [0.5, 0.6) is 0 Å². The van der Waals surface area contributed by atoms with Crippen molar-refractivity contribution < 1.29 is 14.6 Å². The summed E-state index contributed by atoms with van der Waals surface area (Å²) in [6, 6.07) is 0. The highest BCUT2D eigenvalue weighted by molar-refractivity contribution is 5.92. The fraction of sp³-hybridized carbons (Fsp3) is 0.600. The molecule has 1 aromatic rings. The summed E-state index contributed by atoms with van der Waals surface area (Å²) in [7, 11) is 1.82. The predicted molar refractivity (Wildman–Crippen MR) is 55.9 cm³/mol. The zero-order valence-corrected chi connectivity index (χ0v) is 9.17. The molecule has 1 N–H and O–H groups in total. The number of hydrogen-bond acceptors (Lipinski definition) is 4. The zero-order chi connectivity index (χ0) is 11.5. The van der Waals surface area contributed by atoms with Gasteiger partial charge in [-0.15, -0.1) is 0 Å². The average Bonchev–Trinajstić information content (AvgIpc) is 2.75. The molecule has 0 spiro atoms. The molecule has 1 unspecified atom stereocenters. The maximum absolute atomic E-state index is 12.0. The highest BCUT2D eigenvalue weighted by atomic mass is 16.5. The van der Waals surface area contributed by atoms with Crippen molar-refractivity contribution in [3.8, 4) is 0 Å². The van der Waals surface area contributed by atoms with Crippen molar-refractivity contribution in [3.63, 3.8) is 0 Å². The Morgan fingerprint density at radius 1 is 1.75 bits per heavy atom. The van der Waals surface area contributed by atoms with Gasteiger partial charge in [0.25, 0.3) is 5.91 Å². The molecule has 1 aliphatic heterocycles. The van der Waals surface area contributed by atoms with Crippen LogP contribution in [0.15, 0.2) is 12.5 Å². The minimum Gasteiger partial charge on any atom is -0.394 e. The summed E-state index contributed by atoms with van der Waals surface area (Å²) in [5.74, 6) is -0.109. The third-order valence-corrected chi connectivity index (χ3v) is 2.55. The number of nitrogens with zero attached hydrogens (tertiary/aromatic N) is 3. The van der Waals surface area contributed by atoms with Crippen LogP contribution < -0.4 is 0 Å². The van der Waals surface area contributed by atoms with Crippen LogP contribution in [0.25, 0.3) is 0 Å². The fourth-order valence-electron chi connectivity index (χ4n) is 1.70. The summed E-state index contributed by atoms with van der Waals surface area (Å²) in [5, 5.41) is 8.98. The molecule has 6 heteroatoms. The molecule has 0 saturated carbocycles. The number of morpholine rings is 1. The molecule has 0 aliphatic carbocycles. The second-order valence-corrected chi connectivity index (χ2v) is 3.85. The number of amides is 1. The highest BCUT2D eigenvalue weighted by Gasteiger charge is 2.25. The molecule has 1 aliphatic rings. The lowest BCUT2D eigenvalue weighted by molar-refractivity contribution is -0.0448. The smallest absolute Gasteiger partial charge is 0.274 e. The summed E-state index contributed by atoms with van der Waals surface area (Å²) in [4.78, 5) is 17.7. The molecule has 1 aromatic heterocycles. The maximum Gasteiger partial charge on any atom is 0.274 e. The summed E-state index contributed by atoms with van der Waals surface area (Å²) in [6.45, 7) is 1.37. The van der Waals surface area contributed by atoms with Crippen LogP contribution in [0, 0.1) is 0 Å². The van der Waals surface area contributed by atoms with Crippen molar-refractivity contribution in [2.75, 3.05) is 26.3 Å². The summed E-state index contributed by atoms with van der Waals surface area (Å²) >= 11 is 0. The van der Waals surface area contributed by atoms with E-state index in [1.807, 2.05) is 7.05 Å². The van der Waals surface area contributed by atoms with Crippen molar-refractivity contribution >= 4 is 5.91 Å². The van der Waals surface area contributed by atoms with Crippen LogP contribution in [0.2, 0.25) is 0 Å². The topological polar surface area (TPSA) is 67.6 Å². The molecule has 6 nitrogen and oxygen atoms in total. The quantitative estimate of drug-likeness (QED) is 0.719. The van der Waals surface area contributed by atoms with E-state index in [2.05, 4.69) is 4.98 Å². The molecule has 16 heavy (non-hydrogen) atoms. The number of aliphatic hydroxyl groups is 1. The molecule has 1 saturated heterocycles. The van der Waals surface area contributed by atoms with Gasteiger partial charge in [0.05, 0.1) is 25.6 Å². The van der Waals surface area contributed by atoms with Crippen molar-refractivity contribution in [2.45, 2.75) is 6.10 Å². The van der Waals surface area contributed by atoms with Crippen LogP contribution >= 0.6 is 0 Å². The first-order chi connectivity index (χ1) is 7.70. The molecule has 1 amide bonds. The number of imidazole rings is 1. The third kappa shape index (κ3) is 2.23. The van der Waals surface area contributed by atoms with E-state index < -0.39 is 0 Å². The Morgan fingerprint density at radius 3 is 3.19 bits per heavy atom. The molecule has 0 radical (unpaired) electrons. The van der Waals surface area contributed by atoms with Gasteiger partial charge < -0.3 is 19.3 Å². The SMILES string of the molecule is Cn1cnc(C(=O)N2CCOC(CO)C2)c1. The third-order valence-electron chi connectivity index (χ3n) is 2.55. The van der Waals surface area contributed by atoms with E-state index in [0.717, 1.165) is 0 Å². The molecule has 0 bridgehead atoms. The van der Waals surface area contributed by atoms with E-state index in [0.29, 0.717) is 25.4 Å². The van der Waals surface area contributed by atoms with Gasteiger partial charge in [0.1, 0.15) is 5.69 Å². The van der Waals surface area contributed by atoms with E-state index in [1.54, 1.807) is 22.0 Å². The Hall–Kier alpha value is -1.40. The van der Waals surface area contributed by atoms with Crippen molar-refractivity contribution in [2.24, 2.45) is 7.05 Å². The lowest BCUT2D eigenvalue weighted by Crippen LogP contribution is -2.47. The Bertz CT molecular complexity index is 377. The largest absolute Gasteiger partial charge is 0.394 e. The van der Waals surface area contributed by atoms with Crippen LogP contribution in [-0.2, 0) is 11.8 Å². The molecule has 1 atom stereocenters. The average molecular weight is 225 g/mol. The second kappa shape index (κ2) is 4.63. The van der Waals surface area contributed by atoms with Crippen LogP contribution in [0.1, 0.15) is 10.5 Å². The molecule has 1 fully saturated rings. The van der Waals surface area contributed by atoms with E-state index in [4.69, 9.17) is 9.84 Å². The second-order valence-electron chi connectivity index (χ2n) is 3.85. The number of hydrogen-bond donors (Lipinski definition) is 1. The number of rotatable bonds is 2. The first-order valence-electron chi connectivity index (χ1n) is 5.20. The first-order valence-corrected chi connectivity index (χ1v) is 5.20. The van der Waals surface area contributed by atoms with Gasteiger partial charge in [-0.3, -0.25) is 4.79 Å². The molecule has 88 valence electrons. The van der Waals surface area contributed by atoms with Gasteiger partial charge in [-0.05, 0) is 0 Å². The molecule has 0 aromatic carbocycles. The van der Waals surface area contributed by atoms with E-state index >= 15 is 0 Å².